The predicted octanol–water partition coefficient (Wildman–Crippen LogP) is 5.80. The third-order valence-corrected chi connectivity index (χ3v) is 10.4. The molecule has 7 N–H and O–H groups in total. The van der Waals surface area contributed by atoms with Crippen LogP contribution in [0.2, 0.25) is 0 Å². The summed E-state index contributed by atoms with van der Waals surface area (Å²) in [6.07, 6.45) is 18.8. The van der Waals surface area contributed by atoms with Crippen LogP contribution in [-0.2, 0) is 28.9 Å². The smallest absolute Gasteiger partial charge is 0.394 e. The maximum Gasteiger partial charge on any atom is 0.397 e. The predicted molar refractivity (Wildman–Crippen MR) is 205 cm³/mol. The summed E-state index contributed by atoms with van der Waals surface area (Å²) in [6, 6.07) is -1.11. The van der Waals surface area contributed by atoms with Crippen LogP contribution in [0.4, 0.5) is 0 Å². The molecule has 1 rings (SSSR count). The molecule has 0 saturated carbocycles. The number of aliphatic hydroxyl groups excluding tert-OH is 5. The van der Waals surface area contributed by atoms with E-state index in [1.54, 1.807) is 0 Å². The summed E-state index contributed by atoms with van der Waals surface area (Å²) in [6.45, 7) is 3.17. The van der Waals surface area contributed by atoms with Crippen LogP contribution < -0.4 is 5.32 Å². The molecular weight excluding hydrogens is 706 g/mol. The van der Waals surface area contributed by atoms with Gasteiger partial charge in [-0.1, -0.05) is 161 Å². The summed E-state index contributed by atoms with van der Waals surface area (Å²) in [7, 11) is -5.11. The Kier molecular flexibility index (Phi) is 29.1. The maximum atomic E-state index is 13.0. The Balaban J connectivity index is 2.68. The summed E-state index contributed by atoms with van der Waals surface area (Å²) < 4.78 is 47.3. The van der Waals surface area contributed by atoms with Crippen LogP contribution in [0.1, 0.15) is 168 Å². The maximum absolute atomic E-state index is 13.0. The number of amides is 1. The van der Waals surface area contributed by atoms with Gasteiger partial charge in [0.2, 0.25) is 5.91 Å². The lowest BCUT2D eigenvalue weighted by molar-refractivity contribution is -0.298. The van der Waals surface area contributed by atoms with Gasteiger partial charge in [0.25, 0.3) is 0 Å². The Morgan fingerprint density at radius 1 is 0.755 bits per heavy atom. The van der Waals surface area contributed by atoms with Crippen molar-refractivity contribution in [2.24, 2.45) is 0 Å². The minimum atomic E-state index is -5.11. The summed E-state index contributed by atoms with van der Waals surface area (Å²) in [5.74, 6) is -0.704. The molecule has 0 aromatic carbocycles. The first-order chi connectivity index (χ1) is 25.4. The molecule has 0 aromatic heterocycles. The number of allylic oxidation sites excluding steroid dienone is 1. The summed E-state index contributed by atoms with van der Waals surface area (Å²) >= 11 is 0. The number of unbranched alkanes of at least 4 members (excludes halogenated alkanes) is 21. The lowest BCUT2D eigenvalue weighted by Crippen LogP contribution is -2.61. The standard InChI is InChI=1S/C39H75NO12S/c1-3-5-7-9-11-13-15-16-17-18-20-21-23-25-27-32(42)31(40-38(46)33(43)28-26-24-22-19-14-12-10-8-6-4-2)30-50-39-36(45)37(52-53(47,48)49)35(44)34(29-41)51-39/h25,27,31-37,39,41-45H,3-24,26,28-30H2,1-2H3,(H,40,46)(H,47,48,49)/b27-25+. The van der Waals surface area contributed by atoms with Crippen molar-refractivity contribution in [2.45, 2.75) is 217 Å². The average Bonchev–Trinajstić information content (AvgIpc) is 3.12. The van der Waals surface area contributed by atoms with Gasteiger partial charge in [-0.25, -0.2) is 4.18 Å². The van der Waals surface area contributed by atoms with E-state index < -0.39 is 78.5 Å². The fourth-order valence-corrected chi connectivity index (χ4v) is 7.09. The van der Waals surface area contributed by atoms with Gasteiger partial charge < -0.3 is 40.3 Å². The van der Waals surface area contributed by atoms with Gasteiger partial charge in [0.15, 0.2) is 6.29 Å². The van der Waals surface area contributed by atoms with E-state index in [4.69, 9.17) is 14.0 Å². The first-order valence-electron chi connectivity index (χ1n) is 20.7. The van der Waals surface area contributed by atoms with Crippen LogP contribution in [0.3, 0.4) is 0 Å². The van der Waals surface area contributed by atoms with E-state index in [1.807, 2.05) is 6.08 Å². The van der Waals surface area contributed by atoms with Crippen LogP contribution in [-0.4, -0.2) is 107 Å². The molecule has 1 aliphatic heterocycles. The number of rotatable bonds is 34. The second-order valence-electron chi connectivity index (χ2n) is 14.7. The Labute approximate surface area is 320 Å². The number of hydrogen-bond donors (Lipinski definition) is 7. The summed E-state index contributed by atoms with van der Waals surface area (Å²) in [5.41, 5.74) is 0. The Morgan fingerprint density at radius 3 is 1.70 bits per heavy atom. The second-order valence-corrected chi connectivity index (χ2v) is 15.8. The highest BCUT2D eigenvalue weighted by molar-refractivity contribution is 7.80. The van der Waals surface area contributed by atoms with Crippen molar-refractivity contribution in [3.8, 4) is 0 Å². The molecule has 1 fully saturated rings. The largest absolute Gasteiger partial charge is 0.397 e. The summed E-state index contributed by atoms with van der Waals surface area (Å²) in [4.78, 5) is 13.0. The number of carbonyl (C=O) groups is 1. The third kappa shape index (κ3) is 24.1. The molecular formula is C39H75NO12S. The highest BCUT2D eigenvalue weighted by Crippen LogP contribution is 2.26. The Morgan fingerprint density at radius 2 is 1.23 bits per heavy atom. The van der Waals surface area contributed by atoms with Crippen LogP contribution in [0, 0.1) is 0 Å². The zero-order valence-corrected chi connectivity index (χ0v) is 33.5. The monoisotopic (exact) mass is 782 g/mol. The number of hydrogen-bond acceptors (Lipinski definition) is 11. The Hall–Kier alpha value is -1.20. The first kappa shape index (κ1) is 49.8. The third-order valence-electron chi connectivity index (χ3n) is 9.93. The van der Waals surface area contributed by atoms with E-state index in [2.05, 4.69) is 23.3 Å². The number of nitrogens with one attached hydrogen (secondary N) is 1. The van der Waals surface area contributed by atoms with Gasteiger partial charge >= 0.3 is 10.4 Å². The molecule has 1 amide bonds. The van der Waals surface area contributed by atoms with Gasteiger partial charge in [0, 0.05) is 0 Å². The van der Waals surface area contributed by atoms with E-state index in [9.17, 15) is 38.7 Å². The minimum absolute atomic E-state index is 0.246. The number of carbonyl (C=O) groups excluding carboxylic acids is 1. The van der Waals surface area contributed by atoms with Crippen molar-refractivity contribution in [1.29, 1.82) is 0 Å². The molecule has 8 unspecified atom stereocenters. The van der Waals surface area contributed by atoms with Gasteiger partial charge in [0.05, 0.1) is 25.4 Å². The SMILES string of the molecule is CCCCCCCCCCCCCC/C=C/C(O)C(COC1OC(CO)C(O)C(OS(=O)(=O)O)C1O)NC(=O)C(O)CCCCCCCCCCCC. The quantitative estimate of drug-likeness (QED) is 0.0235. The molecule has 53 heavy (non-hydrogen) atoms. The summed E-state index contributed by atoms with van der Waals surface area (Å²) in [5, 5.41) is 54.9. The van der Waals surface area contributed by atoms with Gasteiger partial charge in [-0.15, -0.1) is 0 Å². The molecule has 314 valence electrons. The molecule has 0 aliphatic carbocycles. The molecule has 14 heteroatoms. The van der Waals surface area contributed by atoms with Crippen LogP contribution in [0.5, 0.6) is 0 Å². The van der Waals surface area contributed by atoms with Crippen LogP contribution in [0.15, 0.2) is 12.2 Å². The van der Waals surface area contributed by atoms with Gasteiger partial charge in [0.1, 0.15) is 30.5 Å². The lowest BCUT2D eigenvalue weighted by Gasteiger charge is -2.41. The fraction of sp³-hybridized carbons (Fsp3) is 0.923. The van der Waals surface area contributed by atoms with E-state index in [0.717, 1.165) is 38.5 Å². The average molecular weight is 782 g/mol. The fourth-order valence-electron chi connectivity index (χ4n) is 6.58. The van der Waals surface area contributed by atoms with Gasteiger partial charge in [-0.05, 0) is 19.3 Å². The second kappa shape index (κ2) is 31.0. The normalized spacial score (nSPS) is 22.6. The highest BCUT2D eigenvalue weighted by Gasteiger charge is 2.48. The van der Waals surface area contributed by atoms with Gasteiger partial charge in [-0.3, -0.25) is 9.35 Å². The van der Waals surface area contributed by atoms with E-state index in [0.29, 0.717) is 12.8 Å². The van der Waals surface area contributed by atoms with Crippen molar-refractivity contribution in [2.75, 3.05) is 13.2 Å². The number of ether oxygens (including phenoxy) is 2. The van der Waals surface area contributed by atoms with Crippen molar-refractivity contribution < 1.29 is 57.0 Å². The molecule has 0 spiro atoms. The van der Waals surface area contributed by atoms with E-state index in [-0.39, 0.29) is 6.42 Å². The minimum Gasteiger partial charge on any atom is -0.394 e. The molecule has 1 aliphatic rings. The topological polar surface area (TPSA) is 212 Å². The van der Waals surface area contributed by atoms with Gasteiger partial charge in [-0.2, -0.15) is 8.42 Å². The Bertz CT molecular complexity index is 1030. The van der Waals surface area contributed by atoms with E-state index >= 15 is 0 Å². The van der Waals surface area contributed by atoms with Crippen molar-refractivity contribution in [1.82, 2.24) is 5.32 Å². The van der Waals surface area contributed by atoms with Crippen LogP contribution >= 0.6 is 0 Å². The zero-order valence-electron chi connectivity index (χ0n) is 32.7. The molecule has 13 nitrogen and oxygen atoms in total. The van der Waals surface area contributed by atoms with Crippen LogP contribution in [0.25, 0.3) is 0 Å². The highest BCUT2D eigenvalue weighted by atomic mass is 32.3. The van der Waals surface area contributed by atoms with Crippen molar-refractivity contribution in [3.63, 3.8) is 0 Å². The molecule has 1 saturated heterocycles. The number of aliphatic hydroxyl groups is 5. The first-order valence-corrected chi connectivity index (χ1v) is 22.0. The van der Waals surface area contributed by atoms with Crippen molar-refractivity contribution in [3.05, 3.63) is 12.2 Å². The van der Waals surface area contributed by atoms with E-state index in [1.165, 1.54) is 102 Å². The molecule has 1 heterocycles. The zero-order chi connectivity index (χ0) is 39.3. The lowest BCUT2D eigenvalue weighted by atomic mass is 9.99. The molecule has 0 radical (unpaired) electrons. The molecule has 0 aromatic rings. The molecule has 0 bridgehead atoms. The van der Waals surface area contributed by atoms with Crippen molar-refractivity contribution >= 4 is 16.3 Å². The molecule has 8 atom stereocenters.